The van der Waals surface area contributed by atoms with Crippen molar-refractivity contribution in [3.8, 4) is 11.4 Å². The van der Waals surface area contributed by atoms with Crippen LogP contribution in [-0.2, 0) is 15.1 Å². The van der Waals surface area contributed by atoms with Gasteiger partial charge in [-0.05, 0) is 9.81 Å². The molecule has 13 nitrogen and oxygen atoms in total. The van der Waals surface area contributed by atoms with Crippen molar-refractivity contribution in [1.29, 1.82) is 0 Å². The first-order valence-corrected chi connectivity index (χ1v) is 6.82. The first kappa shape index (κ1) is 14.5. The maximum Gasteiger partial charge on any atom is 0.330 e. The molecule has 0 amide bonds. The summed E-state index contributed by atoms with van der Waals surface area (Å²) < 4.78 is 14.2. The molecule has 0 aromatic carbocycles. The van der Waals surface area contributed by atoms with Crippen molar-refractivity contribution in [2.24, 2.45) is 0 Å². The van der Waals surface area contributed by atoms with E-state index in [0.717, 1.165) is 0 Å². The third-order valence-electron chi connectivity index (χ3n) is 4.65. The van der Waals surface area contributed by atoms with Gasteiger partial charge in [-0.1, -0.05) is 0 Å². The molecule has 2 aliphatic rings. The zero-order chi connectivity index (χ0) is 17.2. The normalized spacial score (nSPS) is 28.1. The number of fused-ring (bicyclic) bond motifs is 6. The average Bonchev–Trinajstić information content (AvgIpc) is 3.10. The second-order valence-corrected chi connectivity index (χ2v) is 5.60. The van der Waals surface area contributed by atoms with Gasteiger partial charge in [-0.15, -0.1) is 0 Å². The predicted molar refractivity (Wildman–Crippen MR) is 66.4 cm³/mol. The third-order valence-corrected chi connectivity index (χ3v) is 4.65. The number of hydrogen-bond acceptors (Lipinski definition) is 10. The maximum absolute atomic E-state index is 12.1. The number of carbonyl (C=O) groups is 1. The zero-order valence-corrected chi connectivity index (χ0v) is 12.1. The Bertz CT molecular complexity index is 874. The third kappa shape index (κ3) is 1.44. The summed E-state index contributed by atoms with van der Waals surface area (Å²) in [6.45, 7) is 0. The number of rotatable bonds is 2. The molecule has 2 aliphatic carbocycles. The number of ether oxygens (including phenoxy) is 1. The molecule has 2 heterocycles. The summed E-state index contributed by atoms with van der Waals surface area (Å²) in [6, 6.07) is 0. The van der Waals surface area contributed by atoms with E-state index in [4.69, 9.17) is 4.74 Å². The number of nitrogens with zero attached hydrogens (tertiary/aromatic N) is 5. The maximum atomic E-state index is 12.1. The van der Waals surface area contributed by atoms with Crippen molar-refractivity contribution in [2.45, 2.75) is 30.4 Å². The molecule has 0 unspecified atom stereocenters. The van der Waals surface area contributed by atoms with Gasteiger partial charge in [-0.3, -0.25) is 24.2 Å². The number of Topliss-reactive ketones (excluding diaryl/α,β-unsaturated/α-hetero) is 1. The summed E-state index contributed by atoms with van der Waals surface area (Å²) in [5.41, 5.74) is -3.40. The predicted octanol–water partition coefficient (Wildman–Crippen LogP) is -1.46. The molecular formula is C11H9N5O8. The van der Waals surface area contributed by atoms with Gasteiger partial charge in [0.25, 0.3) is 11.4 Å². The first-order valence-electron chi connectivity index (χ1n) is 6.82. The van der Waals surface area contributed by atoms with Crippen LogP contribution in [0.3, 0.4) is 0 Å². The van der Waals surface area contributed by atoms with Gasteiger partial charge in [0.15, 0.2) is 0 Å². The van der Waals surface area contributed by atoms with Crippen molar-refractivity contribution >= 4 is 5.78 Å². The Morgan fingerprint density at radius 1 is 1.29 bits per heavy atom. The Labute approximate surface area is 131 Å². The monoisotopic (exact) mass is 339 g/mol. The van der Waals surface area contributed by atoms with Gasteiger partial charge in [0, 0.05) is 30.0 Å². The van der Waals surface area contributed by atoms with E-state index in [1.807, 2.05) is 0 Å². The smallest absolute Gasteiger partial charge is 0.330 e. The minimum absolute atomic E-state index is 0.0422. The fourth-order valence-electron chi connectivity index (χ4n) is 3.69. The van der Waals surface area contributed by atoms with E-state index in [1.165, 1.54) is 7.11 Å². The summed E-state index contributed by atoms with van der Waals surface area (Å²) in [6.07, 6.45) is -1.83. The van der Waals surface area contributed by atoms with Crippen molar-refractivity contribution in [2.75, 3.05) is 7.11 Å². The lowest BCUT2D eigenvalue weighted by molar-refractivity contribution is -0.811. The molecule has 2 aromatic rings. The van der Waals surface area contributed by atoms with Crippen molar-refractivity contribution < 1.29 is 33.5 Å². The molecule has 126 valence electrons. The van der Waals surface area contributed by atoms with Crippen molar-refractivity contribution in [3.63, 3.8) is 0 Å². The highest BCUT2D eigenvalue weighted by atomic mass is 16.8. The summed E-state index contributed by atoms with van der Waals surface area (Å²) in [7, 11) is 1.20. The van der Waals surface area contributed by atoms with Crippen LogP contribution >= 0.6 is 0 Å². The van der Waals surface area contributed by atoms with Crippen LogP contribution in [0.4, 0.5) is 0 Å². The lowest BCUT2D eigenvalue weighted by atomic mass is 9.64. The molecule has 1 saturated carbocycles. The molecule has 0 saturated heterocycles. The fourth-order valence-corrected chi connectivity index (χ4v) is 3.69. The Morgan fingerprint density at radius 3 is 2.67 bits per heavy atom. The van der Waals surface area contributed by atoms with Gasteiger partial charge in [0.05, 0.1) is 5.16 Å². The van der Waals surface area contributed by atoms with Crippen LogP contribution in [0.1, 0.15) is 30.1 Å². The molecule has 0 radical (unpaired) electrons. The molecule has 0 N–H and O–H groups in total. The van der Waals surface area contributed by atoms with Crippen molar-refractivity contribution in [3.05, 3.63) is 31.9 Å². The van der Waals surface area contributed by atoms with E-state index in [-0.39, 0.29) is 45.5 Å². The Kier molecular flexibility index (Phi) is 2.70. The van der Waals surface area contributed by atoms with Crippen LogP contribution in [0.5, 0.6) is 0 Å². The van der Waals surface area contributed by atoms with Crippen LogP contribution in [0, 0.1) is 20.5 Å². The summed E-state index contributed by atoms with van der Waals surface area (Å²) >= 11 is 0. The van der Waals surface area contributed by atoms with Gasteiger partial charge in [-0.2, -0.15) is 0 Å². The quantitative estimate of drug-likeness (QED) is 0.357. The number of aromatic nitrogens is 4. The Hall–Kier alpha value is -3.09. The number of hydrogen-bond donors (Lipinski definition) is 0. The molecular weight excluding hydrogens is 330 g/mol. The second kappa shape index (κ2) is 4.47. The standard InChI is InChI=1S/C11H9N5O8/c1-22-6-3-4(17)2-5-8-7(12-23-14(8)18)9-10(13-24-15(9)19)11(5,6)16(20)21/h5-6H,2-3H2,1H3/t5-,6+,11-/m1/s1. The Balaban J connectivity index is 2.12. The number of nitro groups is 1. The van der Waals surface area contributed by atoms with E-state index in [9.17, 15) is 25.3 Å². The second-order valence-electron chi connectivity index (χ2n) is 5.60. The minimum atomic E-state index is -2.14. The van der Waals surface area contributed by atoms with Gasteiger partial charge in [0.2, 0.25) is 5.69 Å². The molecule has 13 heteroatoms. The molecule has 4 rings (SSSR count). The molecule has 1 fully saturated rings. The average molecular weight is 339 g/mol. The highest BCUT2D eigenvalue weighted by molar-refractivity contribution is 5.83. The lowest BCUT2D eigenvalue weighted by Crippen LogP contribution is -2.59. The van der Waals surface area contributed by atoms with Crippen LogP contribution in [-0.4, -0.2) is 34.2 Å². The number of methoxy groups -OCH3 is 1. The van der Waals surface area contributed by atoms with Crippen LogP contribution in [0.25, 0.3) is 11.4 Å². The summed E-state index contributed by atoms with van der Waals surface area (Å²) in [4.78, 5) is 23.3. The molecule has 3 atom stereocenters. The first-order chi connectivity index (χ1) is 11.4. The van der Waals surface area contributed by atoms with Crippen LogP contribution in [0.15, 0.2) is 9.26 Å². The highest BCUT2D eigenvalue weighted by Gasteiger charge is 2.74. The van der Waals surface area contributed by atoms with E-state index in [0.29, 0.717) is 0 Å². The minimum Gasteiger partial charge on any atom is -0.373 e. The molecule has 0 spiro atoms. The Morgan fingerprint density at radius 2 is 2.00 bits per heavy atom. The molecule has 0 bridgehead atoms. The van der Waals surface area contributed by atoms with Crippen LogP contribution < -0.4 is 9.81 Å². The van der Waals surface area contributed by atoms with E-state index in [2.05, 4.69) is 19.6 Å². The van der Waals surface area contributed by atoms with Gasteiger partial charge in [0.1, 0.15) is 17.8 Å². The highest BCUT2D eigenvalue weighted by Crippen LogP contribution is 2.54. The zero-order valence-electron chi connectivity index (χ0n) is 12.1. The van der Waals surface area contributed by atoms with E-state index < -0.39 is 28.2 Å². The van der Waals surface area contributed by atoms with E-state index in [1.54, 1.807) is 0 Å². The fraction of sp³-hybridized carbons (Fsp3) is 0.545. The molecule has 24 heavy (non-hydrogen) atoms. The SMILES string of the molecule is CO[C@H]1CC(=O)C[C@@H]2c3c(no[n+]3[O-])-c3c(no[n+]3[O-])[C@]12[N+](=O)[O-]. The van der Waals surface area contributed by atoms with Gasteiger partial charge in [-0.25, -0.2) is 0 Å². The topological polar surface area (TPSA) is 175 Å². The number of ketones is 1. The summed E-state index contributed by atoms with van der Waals surface area (Å²) in [5, 5.41) is 42.9. The number of carbonyl (C=O) groups excluding carboxylic acids is 1. The molecule has 2 aromatic heterocycles. The largest absolute Gasteiger partial charge is 0.373 e. The van der Waals surface area contributed by atoms with Gasteiger partial charge >= 0.3 is 11.2 Å². The summed E-state index contributed by atoms with van der Waals surface area (Å²) in [5.74, 6) is -1.59. The van der Waals surface area contributed by atoms with Crippen LogP contribution in [0.2, 0.25) is 0 Å². The lowest BCUT2D eigenvalue weighted by Gasteiger charge is -2.38. The molecule has 0 aliphatic heterocycles. The van der Waals surface area contributed by atoms with E-state index >= 15 is 0 Å². The van der Waals surface area contributed by atoms with Gasteiger partial charge < -0.3 is 15.2 Å². The van der Waals surface area contributed by atoms with Crippen molar-refractivity contribution in [1.82, 2.24) is 10.3 Å².